The van der Waals surface area contributed by atoms with Gasteiger partial charge in [-0.05, 0) is 30.6 Å². The number of rotatable bonds is 4. The van der Waals surface area contributed by atoms with Crippen LogP contribution in [0, 0.1) is 4.77 Å². The van der Waals surface area contributed by atoms with E-state index in [0.29, 0.717) is 0 Å². The number of quaternary nitrogens is 1. The van der Waals surface area contributed by atoms with Crippen molar-refractivity contribution in [1.29, 1.82) is 0 Å². The summed E-state index contributed by atoms with van der Waals surface area (Å²) in [6, 6.07) is 10.3. The minimum atomic E-state index is -0.189. The second-order valence-corrected chi connectivity index (χ2v) is 6.44. The summed E-state index contributed by atoms with van der Waals surface area (Å²) in [6.45, 7) is 2.59. The summed E-state index contributed by atoms with van der Waals surface area (Å²) in [5.74, 6) is 0.980. The maximum Gasteiger partial charge on any atom is 0.202 e. The number of benzene rings is 1. The molecule has 1 saturated heterocycles. The molecule has 5 nitrogen and oxygen atoms in total. The van der Waals surface area contributed by atoms with Crippen molar-refractivity contribution >= 4 is 12.2 Å². The number of likely N-dealkylation sites (tertiary alicyclic amines) is 1. The number of nitrogens with one attached hydrogen (secondary N) is 1. The Morgan fingerprint density at radius 1 is 1.36 bits per heavy atom. The van der Waals surface area contributed by atoms with Gasteiger partial charge in [0.2, 0.25) is 4.77 Å². The van der Waals surface area contributed by atoms with E-state index in [0.717, 1.165) is 49.6 Å². The van der Waals surface area contributed by atoms with Crippen LogP contribution in [-0.4, -0.2) is 38.6 Å². The fraction of sp³-hybridized carbons (Fsp3) is 0.500. The van der Waals surface area contributed by atoms with Crippen LogP contribution in [0.2, 0.25) is 0 Å². The Morgan fingerprint density at radius 3 is 2.86 bits per heavy atom. The molecule has 0 radical (unpaired) electrons. The van der Waals surface area contributed by atoms with Crippen LogP contribution in [0.15, 0.2) is 30.3 Å². The molecule has 1 aromatic carbocycles. The van der Waals surface area contributed by atoms with Gasteiger partial charge in [0.05, 0.1) is 6.54 Å². The van der Waals surface area contributed by atoms with Crippen molar-refractivity contribution in [3.05, 3.63) is 46.5 Å². The van der Waals surface area contributed by atoms with Gasteiger partial charge in [0.25, 0.3) is 0 Å². The number of aliphatic hydroxyl groups is 1. The van der Waals surface area contributed by atoms with E-state index in [1.807, 2.05) is 34.5 Å². The largest absolute Gasteiger partial charge is 0.387 e. The standard InChI is InChI=1S/C16H22N4OS/c1-18-15(10-13-6-3-2-4-7-13)17-20(16(18)22)12-19-9-5-8-14(21)11-19/h2-4,6-7,14,21H,5,8-12H2,1H3/p+1/t14-/m1/s1. The molecule has 22 heavy (non-hydrogen) atoms. The van der Waals surface area contributed by atoms with Crippen LogP contribution in [0.4, 0.5) is 0 Å². The topological polar surface area (TPSA) is 47.4 Å². The molecule has 1 aliphatic rings. The first-order valence-corrected chi connectivity index (χ1v) is 8.22. The van der Waals surface area contributed by atoms with Crippen LogP contribution in [0.1, 0.15) is 24.2 Å². The number of hydrogen-bond donors (Lipinski definition) is 2. The van der Waals surface area contributed by atoms with Crippen molar-refractivity contribution in [2.45, 2.75) is 32.0 Å². The Balaban J connectivity index is 1.76. The molecular formula is C16H23N4OS+. The number of nitrogens with zero attached hydrogens (tertiary/aromatic N) is 3. The molecular weight excluding hydrogens is 296 g/mol. The van der Waals surface area contributed by atoms with Crippen molar-refractivity contribution < 1.29 is 10.0 Å². The Bertz CT molecular complexity index is 679. The molecule has 1 fully saturated rings. The Morgan fingerprint density at radius 2 is 2.14 bits per heavy atom. The zero-order valence-corrected chi connectivity index (χ0v) is 13.7. The maximum atomic E-state index is 9.80. The fourth-order valence-corrected chi connectivity index (χ4v) is 3.26. The number of aromatic nitrogens is 3. The molecule has 2 N–H and O–H groups in total. The summed E-state index contributed by atoms with van der Waals surface area (Å²) < 4.78 is 4.64. The lowest BCUT2D eigenvalue weighted by atomic mass is 10.1. The third-order valence-corrected chi connectivity index (χ3v) is 4.79. The molecule has 2 heterocycles. The first-order chi connectivity index (χ1) is 10.6. The van der Waals surface area contributed by atoms with Crippen molar-refractivity contribution in [2.75, 3.05) is 13.1 Å². The van der Waals surface area contributed by atoms with E-state index < -0.39 is 0 Å². The zero-order chi connectivity index (χ0) is 15.5. The van der Waals surface area contributed by atoms with Crippen molar-refractivity contribution in [3.8, 4) is 0 Å². The lowest BCUT2D eigenvalue weighted by Gasteiger charge is -2.26. The zero-order valence-electron chi connectivity index (χ0n) is 12.9. The maximum absolute atomic E-state index is 9.80. The van der Waals surface area contributed by atoms with Crippen molar-refractivity contribution in [2.24, 2.45) is 7.05 Å². The second-order valence-electron chi connectivity index (χ2n) is 6.08. The van der Waals surface area contributed by atoms with Gasteiger partial charge in [-0.1, -0.05) is 30.3 Å². The molecule has 0 saturated carbocycles. The fourth-order valence-electron chi connectivity index (χ4n) is 3.05. The average molecular weight is 319 g/mol. The highest BCUT2D eigenvalue weighted by Gasteiger charge is 2.22. The first-order valence-electron chi connectivity index (χ1n) is 7.82. The normalized spacial score (nSPS) is 21.9. The van der Waals surface area contributed by atoms with Crippen LogP contribution in [-0.2, 0) is 20.1 Å². The van der Waals surface area contributed by atoms with E-state index in [-0.39, 0.29) is 6.10 Å². The summed E-state index contributed by atoms with van der Waals surface area (Å²) in [5, 5.41) is 14.5. The molecule has 1 aromatic heterocycles. The molecule has 0 spiro atoms. The smallest absolute Gasteiger partial charge is 0.202 e. The van der Waals surface area contributed by atoms with Gasteiger partial charge in [0.1, 0.15) is 18.5 Å². The molecule has 1 unspecified atom stereocenters. The van der Waals surface area contributed by atoms with Gasteiger partial charge in [0, 0.05) is 13.5 Å². The van der Waals surface area contributed by atoms with Gasteiger partial charge in [-0.3, -0.25) is 0 Å². The van der Waals surface area contributed by atoms with Gasteiger partial charge in [-0.25, -0.2) is 0 Å². The number of aliphatic hydroxyl groups excluding tert-OH is 1. The Hall–Kier alpha value is -1.50. The summed E-state index contributed by atoms with van der Waals surface area (Å²) >= 11 is 5.52. The van der Waals surface area contributed by atoms with E-state index in [1.165, 1.54) is 10.5 Å². The third kappa shape index (κ3) is 3.45. The highest BCUT2D eigenvalue weighted by molar-refractivity contribution is 7.71. The van der Waals surface area contributed by atoms with Crippen molar-refractivity contribution in [1.82, 2.24) is 14.3 Å². The second kappa shape index (κ2) is 6.73. The van der Waals surface area contributed by atoms with E-state index in [2.05, 4.69) is 12.1 Å². The lowest BCUT2D eigenvalue weighted by Crippen LogP contribution is -3.13. The van der Waals surface area contributed by atoms with Crippen LogP contribution in [0.25, 0.3) is 0 Å². The van der Waals surface area contributed by atoms with Gasteiger partial charge in [-0.2, -0.15) is 9.78 Å². The molecule has 2 aromatic rings. The van der Waals surface area contributed by atoms with Gasteiger partial charge in [-0.15, -0.1) is 0 Å². The molecule has 0 bridgehead atoms. The summed E-state index contributed by atoms with van der Waals surface area (Å²) in [5.41, 5.74) is 1.23. The van der Waals surface area contributed by atoms with Gasteiger partial charge < -0.3 is 14.6 Å². The van der Waals surface area contributed by atoms with Crippen LogP contribution in [0.5, 0.6) is 0 Å². The number of hydrogen-bond acceptors (Lipinski definition) is 3. The molecule has 1 aliphatic heterocycles. The Labute approximate surface area is 135 Å². The molecule has 0 amide bonds. The summed E-state index contributed by atoms with van der Waals surface area (Å²) in [6.07, 6.45) is 2.57. The first kappa shape index (κ1) is 15.4. The van der Waals surface area contributed by atoms with Crippen LogP contribution < -0.4 is 4.90 Å². The van der Waals surface area contributed by atoms with Crippen LogP contribution in [0.3, 0.4) is 0 Å². The number of piperidine rings is 1. The molecule has 6 heteroatoms. The Kier molecular flexibility index (Phi) is 4.71. The highest BCUT2D eigenvalue weighted by atomic mass is 32.1. The average Bonchev–Trinajstić information content (AvgIpc) is 2.77. The van der Waals surface area contributed by atoms with E-state index in [4.69, 9.17) is 17.3 Å². The lowest BCUT2D eigenvalue weighted by molar-refractivity contribution is -0.931. The van der Waals surface area contributed by atoms with E-state index in [1.54, 1.807) is 0 Å². The summed E-state index contributed by atoms with van der Waals surface area (Å²) in [4.78, 5) is 1.35. The highest BCUT2D eigenvalue weighted by Crippen LogP contribution is 2.07. The van der Waals surface area contributed by atoms with Gasteiger partial charge >= 0.3 is 0 Å². The quantitative estimate of drug-likeness (QED) is 0.809. The molecule has 0 aliphatic carbocycles. The SMILES string of the molecule is Cn1c(Cc2ccccc2)nn(C[NH+]2CCC[C@@H](O)C2)c1=S. The minimum Gasteiger partial charge on any atom is -0.387 e. The monoisotopic (exact) mass is 319 g/mol. The summed E-state index contributed by atoms with van der Waals surface area (Å²) in [7, 11) is 1.98. The third-order valence-electron chi connectivity index (χ3n) is 4.30. The predicted molar refractivity (Wildman–Crippen MR) is 87.2 cm³/mol. The van der Waals surface area contributed by atoms with E-state index in [9.17, 15) is 5.11 Å². The van der Waals surface area contributed by atoms with Gasteiger partial charge in [0.15, 0.2) is 6.67 Å². The predicted octanol–water partition coefficient (Wildman–Crippen LogP) is 0.539. The van der Waals surface area contributed by atoms with E-state index >= 15 is 0 Å². The minimum absolute atomic E-state index is 0.189. The molecule has 2 atom stereocenters. The van der Waals surface area contributed by atoms with Crippen LogP contribution >= 0.6 is 12.2 Å². The van der Waals surface area contributed by atoms with Crippen molar-refractivity contribution in [3.63, 3.8) is 0 Å². The molecule has 118 valence electrons. The molecule has 3 rings (SSSR count).